The van der Waals surface area contributed by atoms with Crippen molar-refractivity contribution in [3.63, 3.8) is 0 Å². The number of hydrogen-bond donors (Lipinski definition) is 3. The van der Waals surface area contributed by atoms with E-state index in [9.17, 15) is 9.18 Å². The van der Waals surface area contributed by atoms with Gasteiger partial charge in [0.2, 0.25) is 0 Å². The molecule has 0 fully saturated rings. The highest BCUT2D eigenvalue weighted by molar-refractivity contribution is 6.32. The van der Waals surface area contributed by atoms with Crippen LogP contribution >= 0.6 is 23.2 Å². The van der Waals surface area contributed by atoms with E-state index in [0.29, 0.717) is 33.7 Å². The van der Waals surface area contributed by atoms with Gasteiger partial charge in [-0.3, -0.25) is 0 Å². The van der Waals surface area contributed by atoms with Crippen LogP contribution < -0.4 is 10.6 Å². The van der Waals surface area contributed by atoms with Crippen LogP contribution in [0.3, 0.4) is 0 Å². The first kappa shape index (κ1) is 23.8. The number of aryl methyl sites for hydroxylation is 1. The summed E-state index contributed by atoms with van der Waals surface area (Å²) < 4.78 is 14.0. The van der Waals surface area contributed by atoms with E-state index in [1.165, 1.54) is 18.2 Å². The lowest BCUT2D eigenvalue weighted by molar-refractivity contribution is 0.236. The first-order chi connectivity index (χ1) is 16.4. The molecule has 0 spiro atoms. The monoisotopic (exact) mass is 496 g/mol. The molecule has 34 heavy (non-hydrogen) atoms. The molecule has 4 aromatic rings. The molecule has 0 aliphatic rings. The molecule has 4 rings (SSSR count). The summed E-state index contributed by atoms with van der Waals surface area (Å²) in [7, 11) is 0. The van der Waals surface area contributed by atoms with E-state index in [0.717, 1.165) is 16.7 Å². The van der Waals surface area contributed by atoms with Crippen molar-refractivity contribution in [3.8, 4) is 11.3 Å². The Morgan fingerprint density at radius 1 is 1.06 bits per heavy atom. The lowest BCUT2D eigenvalue weighted by Crippen LogP contribution is -2.39. The molecule has 0 aliphatic carbocycles. The minimum atomic E-state index is -0.497. The maximum atomic E-state index is 14.0. The van der Waals surface area contributed by atoms with E-state index >= 15 is 0 Å². The number of hydrogen-bond acceptors (Lipinski definition) is 2. The zero-order chi connectivity index (χ0) is 24.1. The number of urea groups is 1. The Hall–Kier alpha value is -3.35. The molecule has 0 aliphatic heterocycles. The molecule has 0 saturated carbocycles. The Balaban J connectivity index is 1.55. The summed E-state index contributed by atoms with van der Waals surface area (Å²) in [6.45, 7) is 2.00. The number of imidazole rings is 1. The first-order valence-corrected chi connectivity index (χ1v) is 11.5. The molecule has 1 aromatic heterocycles. The molecule has 0 bridgehead atoms. The lowest BCUT2D eigenvalue weighted by Gasteiger charge is -2.18. The summed E-state index contributed by atoms with van der Waals surface area (Å²) in [5.74, 6) is 0.0830. The first-order valence-electron chi connectivity index (χ1n) is 10.7. The highest BCUT2D eigenvalue weighted by Crippen LogP contribution is 2.28. The average molecular weight is 497 g/mol. The van der Waals surface area contributed by atoms with Crippen molar-refractivity contribution in [1.82, 2.24) is 20.6 Å². The Bertz CT molecular complexity index is 1280. The number of rotatable bonds is 7. The molecule has 0 unspecified atom stereocenters. The molecule has 5 nitrogen and oxygen atoms in total. The van der Waals surface area contributed by atoms with Crippen LogP contribution in [0.25, 0.3) is 11.3 Å². The lowest BCUT2D eigenvalue weighted by atomic mass is 10.1. The maximum Gasteiger partial charge on any atom is 0.315 e. The maximum absolute atomic E-state index is 14.0. The van der Waals surface area contributed by atoms with Crippen LogP contribution in [0.5, 0.6) is 0 Å². The second-order valence-corrected chi connectivity index (χ2v) is 8.77. The molecular weight excluding hydrogens is 474 g/mol. The SMILES string of the molecule is Cc1ccc(-c2nc([C@H](Cc3ccccc3)NC(=O)NCc3cc(Cl)ccc3F)[nH]c2Cl)cc1. The number of aromatic amines is 1. The highest BCUT2D eigenvalue weighted by Gasteiger charge is 2.21. The van der Waals surface area contributed by atoms with Gasteiger partial charge in [0.25, 0.3) is 0 Å². The van der Waals surface area contributed by atoms with Gasteiger partial charge in [-0.2, -0.15) is 0 Å². The Morgan fingerprint density at radius 2 is 1.79 bits per heavy atom. The summed E-state index contributed by atoms with van der Waals surface area (Å²) >= 11 is 12.4. The summed E-state index contributed by atoms with van der Waals surface area (Å²) in [5.41, 5.74) is 3.92. The number of carbonyl (C=O) groups excluding carboxylic acids is 1. The van der Waals surface area contributed by atoms with Crippen molar-refractivity contribution in [3.05, 3.63) is 111 Å². The van der Waals surface area contributed by atoms with Crippen molar-refractivity contribution in [2.45, 2.75) is 25.9 Å². The molecule has 2 amide bonds. The van der Waals surface area contributed by atoms with Gasteiger partial charge in [-0.25, -0.2) is 14.2 Å². The van der Waals surface area contributed by atoms with Crippen molar-refractivity contribution in [1.29, 1.82) is 0 Å². The predicted octanol–water partition coefficient (Wildman–Crippen LogP) is 6.61. The van der Waals surface area contributed by atoms with Gasteiger partial charge in [0.1, 0.15) is 22.5 Å². The van der Waals surface area contributed by atoms with E-state index in [2.05, 4.69) is 15.6 Å². The Morgan fingerprint density at radius 3 is 2.53 bits per heavy atom. The van der Waals surface area contributed by atoms with E-state index < -0.39 is 17.9 Å². The number of aromatic nitrogens is 2. The van der Waals surface area contributed by atoms with Gasteiger partial charge in [0, 0.05) is 22.7 Å². The van der Waals surface area contributed by atoms with E-state index in [4.69, 9.17) is 28.2 Å². The molecule has 0 saturated heterocycles. The summed E-state index contributed by atoms with van der Waals surface area (Å²) in [6.07, 6.45) is 0.483. The van der Waals surface area contributed by atoms with Gasteiger partial charge in [0.15, 0.2) is 0 Å². The van der Waals surface area contributed by atoms with Crippen LogP contribution in [0.15, 0.2) is 72.8 Å². The van der Waals surface area contributed by atoms with Gasteiger partial charge in [-0.05, 0) is 37.1 Å². The van der Waals surface area contributed by atoms with E-state index in [1.54, 1.807) is 0 Å². The fourth-order valence-corrected chi connectivity index (χ4v) is 4.01. The number of nitrogens with one attached hydrogen (secondary N) is 3. The van der Waals surface area contributed by atoms with Gasteiger partial charge in [0.05, 0.1) is 6.04 Å². The quantitative estimate of drug-likeness (QED) is 0.269. The Labute approximate surface area is 207 Å². The molecule has 3 aromatic carbocycles. The molecule has 174 valence electrons. The van der Waals surface area contributed by atoms with Crippen molar-refractivity contribution < 1.29 is 9.18 Å². The zero-order valence-electron chi connectivity index (χ0n) is 18.4. The number of nitrogens with zero attached hydrogens (tertiary/aromatic N) is 1. The van der Waals surface area contributed by atoms with E-state index in [-0.39, 0.29) is 6.54 Å². The van der Waals surface area contributed by atoms with Crippen LogP contribution in [-0.4, -0.2) is 16.0 Å². The van der Waals surface area contributed by atoms with Crippen LogP contribution in [0.4, 0.5) is 9.18 Å². The molecule has 1 heterocycles. The Kier molecular flexibility index (Phi) is 7.50. The second kappa shape index (κ2) is 10.7. The number of halogens is 3. The summed E-state index contributed by atoms with van der Waals surface area (Å²) in [4.78, 5) is 20.5. The second-order valence-electron chi connectivity index (χ2n) is 7.96. The topological polar surface area (TPSA) is 69.8 Å². The van der Waals surface area contributed by atoms with Gasteiger partial charge in [-0.15, -0.1) is 0 Å². The summed E-state index contributed by atoms with van der Waals surface area (Å²) in [5, 5.41) is 6.41. The van der Waals surface area contributed by atoms with Gasteiger partial charge in [-0.1, -0.05) is 83.4 Å². The number of carbonyl (C=O) groups is 1. The normalized spacial score (nSPS) is 11.8. The fraction of sp³-hybridized carbons (Fsp3) is 0.154. The van der Waals surface area contributed by atoms with Gasteiger partial charge >= 0.3 is 6.03 Å². The van der Waals surface area contributed by atoms with Crippen molar-refractivity contribution in [2.75, 3.05) is 0 Å². The van der Waals surface area contributed by atoms with Gasteiger partial charge < -0.3 is 15.6 Å². The van der Waals surface area contributed by atoms with Crippen LogP contribution in [0, 0.1) is 12.7 Å². The number of benzene rings is 3. The van der Waals surface area contributed by atoms with Crippen molar-refractivity contribution >= 4 is 29.2 Å². The van der Waals surface area contributed by atoms with Crippen LogP contribution in [0.2, 0.25) is 10.2 Å². The third-order valence-electron chi connectivity index (χ3n) is 5.37. The molecule has 1 atom stereocenters. The number of amides is 2. The third kappa shape index (κ3) is 5.95. The number of H-pyrrole nitrogens is 1. The van der Waals surface area contributed by atoms with Crippen molar-refractivity contribution in [2.24, 2.45) is 0 Å². The summed E-state index contributed by atoms with van der Waals surface area (Å²) in [6, 6.07) is 20.9. The molecule has 3 N–H and O–H groups in total. The largest absolute Gasteiger partial charge is 0.334 e. The average Bonchev–Trinajstić information content (AvgIpc) is 3.22. The molecule has 8 heteroatoms. The molecular formula is C26H23Cl2FN4O. The highest BCUT2D eigenvalue weighted by atomic mass is 35.5. The van der Waals surface area contributed by atoms with Crippen LogP contribution in [0.1, 0.15) is 28.6 Å². The predicted molar refractivity (Wildman–Crippen MR) is 133 cm³/mol. The third-order valence-corrected chi connectivity index (χ3v) is 5.88. The fourth-order valence-electron chi connectivity index (χ4n) is 3.57. The molecule has 0 radical (unpaired) electrons. The minimum Gasteiger partial charge on any atom is -0.334 e. The standard InChI is InChI=1S/C26H23Cl2FN4O/c1-16-7-9-18(10-8-16)23-24(28)33-25(32-23)22(13-17-5-3-2-4-6-17)31-26(34)30-15-19-14-20(27)11-12-21(19)29/h2-12,14,22H,13,15H2,1H3,(H,32,33)(H2,30,31,34)/t22-/m0/s1. The minimum absolute atomic E-state index is 0.0101. The van der Waals surface area contributed by atoms with E-state index in [1.807, 2.05) is 61.5 Å². The van der Waals surface area contributed by atoms with Crippen LogP contribution in [-0.2, 0) is 13.0 Å². The zero-order valence-corrected chi connectivity index (χ0v) is 19.9. The smallest absolute Gasteiger partial charge is 0.315 e.